The third-order valence-electron chi connectivity index (χ3n) is 4.50. The van der Waals surface area contributed by atoms with Crippen LogP contribution in [0.15, 0.2) is 76.7 Å². The number of hydrazone groups is 1. The van der Waals surface area contributed by atoms with Crippen LogP contribution in [0, 0.1) is 0 Å². The predicted molar refractivity (Wildman–Crippen MR) is 88.5 cm³/mol. The average molecular weight is 317 g/mol. The molecule has 5 heteroatoms. The third-order valence-corrected chi connectivity index (χ3v) is 4.50. The Hall–Kier alpha value is -3.08. The summed E-state index contributed by atoms with van der Waals surface area (Å²) in [5.74, 6) is 1.73. The van der Waals surface area contributed by atoms with Crippen LogP contribution in [0.1, 0.15) is 35.6 Å². The molecule has 5 nitrogen and oxygen atoms in total. The van der Waals surface area contributed by atoms with E-state index in [-0.39, 0.29) is 12.3 Å². The van der Waals surface area contributed by atoms with Gasteiger partial charge in [-0.2, -0.15) is 5.10 Å². The number of ether oxygens (including phenoxy) is 1. The fraction of sp³-hybridized carbons (Fsp3) is 0.158. The van der Waals surface area contributed by atoms with Gasteiger partial charge in [-0.15, -0.1) is 0 Å². The molecule has 0 amide bonds. The van der Waals surface area contributed by atoms with Crippen LogP contribution in [0.3, 0.4) is 0 Å². The standard InChI is InChI=1S/C19H15N3O2/c1-2-5-17-14(4-1)16-12-15(18-6-3-11-23-18)21-22(16)19(24-17)13-7-9-20-10-8-13/h1-11,16,19H,12H2/t16-,19+/m1/s1. The van der Waals surface area contributed by atoms with Crippen molar-refractivity contribution in [2.75, 3.05) is 0 Å². The van der Waals surface area contributed by atoms with Crippen molar-refractivity contribution in [3.8, 4) is 5.75 Å². The number of aromatic nitrogens is 1. The molecule has 24 heavy (non-hydrogen) atoms. The summed E-state index contributed by atoms with van der Waals surface area (Å²) in [6.07, 6.45) is 5.78. The molecule has 1 aromatic carbocycles. The maximum absolute atomic E-state index is 6.26. The number of rotatable bonds is 2. The van der Waals surface area contributed by atoms with E-state index in [9.17, 15) is 0 Å². The third kappa shape index (κ3) is 2.01. The average Bonchev–Trinajstić information content (AvgIpc) is 3.31. The van der Waals surface area contributed by atoms with Crippen LogP contribution in [0.25, 0.3) is 0 Å². The normalized spacial score (nSPS) is 21.7. The van der Waals surface area contributed by atoms with Gasteiger partial charge in [0.1, 0.15) is 17.2 Å². The van der Waals surface area contributed by atoms with Gasteiger partial charge in [0.2, 0.25) is 6.23 Å². The van der Waals surface area contributed by atoms with Crippen molar-refractivity contribution >= 4 is 5.71 Å². The van der Waals surface area contributed by atoms with Crippen molar-refractivity contribution in [1.82, 2.24) is 9.99 Å². The van der Waals surface area contributed by atoms with Gasteiger partial charge in [0, 0.05) is 29.9 Å². The Bertz CT molecular complexity index is 890. The number of fused-ring (bicyclic) bond motifs is 3. The van der Waals surface area contributed by atoms with E-state index in [0.29, 0.717) is 0 Å². The Morgan fingerprint density at radius 2 is 1.88 bits per heavy atom. The number of nitrogens with zero attached hydrogens (tertiary/aromatic N) is 3. The van der Waals surface area contributed by atoms with Crippen molar-refractivity contribution in [2.45, 2.75) is 18.7 Å². The minimum absolute atomic E-state index is 0.146. The van der Waals surface area contributed by atoms with Gasteiger partial charge >= 0.3 is 0 Å². The molecule has 0 aliphatic carbocycles. The summed E-state index contributed by atoms with van der Waals surface area (Å²) in [6.45, 7) is 0. The summed E-state index contributed by atoms with van der Waals surface area (Å²) in [5, 5.41) is 6.86. The van der Waals surface area contributed by atoms with Crippen LogP contribution in [-0.4, -0.2) is 15.7 Å². The second-order valence-electron chi connectivity index (χ2n) is 5.91. The maximum atomic E-state index is 6.26. The van der Waals surface area contributed by atoms with E-state index in [1.807, 2.05) is 47.5 Å². The number of hydrogen-bond donors (Lipinski definition) is 0. The molecule has 0 saturated heterocycles. The minimum Gasteiger partial charge on any atom is -0.464 e. The summed E-state index contributed by atoms with van der Waals surface area (Å²) in [4.78, 5) is 4.10. The molecule has 5 rings (SSSR count). The van der Waals surface area contributed by atoms with E-state index in [1.54, 1.807) is 18.7 Å². The fourth-order valence-electron chi connectivity index (χ4n) is 3.37. The molecule has 118 valence electrons. The fourth-order valence-corrected chi connectivity index (χ4v) is 3.37. The van der Waals surface area contributed by atoms with Crippen molar-refractivity contribution in [3.63, 3.8) is 0 Å². The van der Waals surface area contributed by atoms with Gasteiger partial charge in [-0.25, -0.2) is 5.01 Å². The number of hydrogen-bond acceptors (Lipinski definition) is 5. The number of pyridine rings is 1. The van der Waals surface area contributed by atoms with Crippen molar-refractivity contribution in [2.24, 2.45) is 5.10 Å². The highest BCUT2D eigenvalue weighted by atomic mass is 16.5. The van der Waals surface area contributed by atoms with Gasteiger partial charge < -0.3 is 9.15 Å². The lowest BCUT2D eigenvalue weighted by atomic mass is 9.98. The molecule has 2 aliphatic rings. The first-order valence-corrected chi connectivity index (χ1v) is 7.95. The molecule has 2 aliphatic heterocycles. The molecule has 0 N–H and O–H groups in total. The van der Waals surface area contributed by atoms with Crippen LogP contribution in [0.2, 0.25) is 0 Å². The Kier molecular flexibility index (Phi) is 2.91. The topological polar surface area (TPSA) is 50.9 Å². The summed E-state index contributed by atoms with van der Waals surface area (Å²) >= 11 is 0. The lowest BCUT2D eigenvalue weighted by Gasteiger charge is -2.38. The van der Waals surface area contributed by atoms with Gasteiger partial charge in [-0.05, 0) is 30.3 Å². The molecule has 0 fully saturated rings. The quantitative estimate of drug-likeness (QED) is 0.719. The van der Waals surface area contributed by atoms with E-state index in [4.69, 9.17) is 14.3 Å². The van der Waals surface area contributed by atoms with Crippen LogP contribution < -0.4 is 4.74 Å². The van der Waals surface area contributed by atoms with E-state index in [0.717, 1.165) is 34.8 Å². The first kappa shape index (κ1) is 13.4. The molecule has 0 spiro atoms. The SMILES string of the molecule is c1coc(C2=NN3[C@H](C2)c2ccccc2O[C@H]3c2ccncc2)c1. The molecule has 0 bridgehead atoms. The molecule has 0 saturated carbocycles. The Morgan fingerprint density at radius 1 is 1.00 bits per heavy atom. The zero-order valence-corrected chi connectivity index (χ0v) is 12.9. The summed E-state index contributed by atoms with van der Waals surface area (Å²) in [6, 6.07) is 16.1. The summed E-state index contributed by atoms with van der Waals surface area (Å²) in [7, 11) is 0. The number of furan rings is 1. The second kappa shape index (κ2) is 5.23. The van der Waals surface area contributed by atoms with Crippen LogP contribution >= 0.6 is 0 Å². The molecule has 4 heterocycles. The van der Waals surface area contributed by atoms with Gasteiger partial charge in [0.05, 0.1) is 12.3 Å². The van der Waals surface area contributed by atoms with Gasteiger partial charge in [0.25, 0.3) is 0 Å². The Labute approximate surface area is 139 Å². The van der Waals surface area contributed by atoms with Gasteiger partial charge in [-0.1, -0.05) is 18.2 Å². The van der Waals surface area contributed by atoms with Crippen molar-refractivity contribution in [1.29, 1.82) is 0 Å². The van der Waals surface area contributed by atoms with Gasteiger partial charge in [-0.3, -0.25) is 4.98 Å². The molecule has 2 aromatic heterocycles. The lowest BCUT2D eigenvalue weighted by molar-refractivity contribution is -0.0190. The van der Waals surface area contributed by atoms with Crippen molar-refractivity contribution < 1.29 is 9.15 Å². The highest BCUT2D eigenvalue weighted by Gasteiger charge is 2.41. The van der Waals surface area contributed by atoms with Crippen LogP contribution in [0.5, 0.6) is 5.75 Å². The highest BCUT2D eigenvalue weighted by Crippen LogP contribution is 2.47. The first-order valence-electron chi connectivity index (χ1n) is 7.95. The zero-order valence-electron chi connectivity index (χ0n) is 12.9. The van der Waals surface area contributed by atoms with Gasteiger partial charge in [0.15, 0.2) is 0 Å². The molecular weight excluding hydrogens is 302 g/mol. The monoisotopic (exact) mass is 317 g/mol. The highest BCUT2D eigenvalue weighted by molar-refractivity contribution is 5.99. The maximum Gasteiger partial charge on any atom is 0.213 e. The van der Waals surface area contributed by atoms with E-state index < -0.39 is 0 Å². The lowest BCUT2D eigenvalue weighted by Crippen LogP contribution is -2.33. The summed E-state index contributed by atoms with van der Waals surface area (Å²) in [5.41, 5.74) is 3.14. The second-order valence-corrected chi connectivity index (χ2v) is 5.91. The number of benzene rings is 1. The number of para-hydroxylation sites is 1. The van der Waals surface area contributed by atoms with Crippen LogP contribution in [-0.2, 0) is 0 Å². The Morgan fingerprint density at radius 3 is 2.71 bits per heavy atom. The predicted octanol–water partition coefficient (Wildman–Crippen LogP) is 3.92. The minimum atomic E-state index is -0.264. The molecule has 0 radical (unpaired) electrons. The zero-order chi connectivity index (χ0) is 15.9. The first-order chi connectivity index (χ1) is 11.9. The molecule has 0 unspecified atom stereocenters. The Balaban J connectivity index is 1.62. The van der Waals surface area contributed by atoms with E-state index in [2.05, 4.69) is 11.1 Å². The van der Waals surface area contributed by atoms with E-state index >= 15 is 0 Å². The smallest absolute Gasteiger partial charge is 0.213 e. The summed E-state index contributed by atoms with van der Waals surface area (Å²) < 4.78 is 11.8. The van der Waals surface area contributed by atoms with Crippen LogP contribution in [0.4, 0.5) is 0 Å². The largest absolute Gasteiger partial charge is 0.464 e. The van der Waals surface area contributed by atoms with Crippen molar-refractivity contribution in [3.05, 3.63) is 84.1 Å². The van der Waals surface area contributed by atoms with E-state index in [1.165, 1.54) is 0 Å². The molecular formula is C19H15N3O2. The molecule has 2 atom stereocenters. The molecule has 3 aromatic rings.